The van der Waals surface area contributed by atoms with Crippen LogP contribution >= 0.6 is 0 Å². The number of hydrogen-bond donors (Lipinski definition) is 8. The van der Waals surface area contributed by atoms with E-state index in [2.05, 4.69) is 21.8 Å². The van der Waals surface area contributed by atoms with Gasteiger partial charge in [-0.05, 0) is 42.8 Å². The lowest BCUT2D eigenvalue weighted by atomic mass is 9.79. The van der Waals surface area contributed by atoms with Gasteiger partial charge in [0.1, 0.15) is 42.7 Å². The van der Waals surface area contributed by atoms with Crippen molar-refractivity contribution in [1.29, 1.82) is 0 Å². The van der Waals surface area contributed by atoms with Crippen molar-refractivity contribution >= 4 is 46.5 Å². The third-order valence-electron chi connectivity index (χ3n) is 11.7. The molecule has 8 rings (SSSR count). The van der Waals surface area contributed by atoms with Crippen LogP contribution in [0, 0.1) is 0 Å². The number of hydrogen-bond acceptors (Lipinski definition) is 16. The second-order valence-corrected chi connectivity index (χ2v) is 15.6. The second kappa shape index (κ2) is 18.0. The number of aromatic amines is 1. The lowest BCUT2D eigenvalue weighted by Gasteiger charge is -2.45. The number of piperazine rings is 1. The molecule has 320 valence electrons. The van der Waals surface area contributed by atoms with Crippen LogP contribution in [0.2, 0.25) is 0 Å². The highest BCUT2D eigenvalue weighted by Crippen LogP contribution is 2.36. The zero-order chi connectivity index (χ0) is 42.2. The Hall–Kier alpha value is -4.32. The summed E-state index contributed by atoms with van der Waals surface area (Å²) in [6.07, 6.45) is -14.1. The fraction of sp³-hybridized carbons (Fsp3) is 0.463. The zero-order valence-corrected chi connectivity index (χ0v) is 33.1. The molecule has 60 heavy (non-hydrogen) atoms. The number of nitrogens with one attached hydrogen (secondary N) is 1. The smallest absolute Gasteiger partial charge is 0.494 e. The van der Waals surface area contributed by atoms with Crippen molar-refractivity contribution in [2.45, 2.75) is 61.4 Å². The van der Waals surface area contributed by atoms with Gasteiger partial charge < -0.3 is 74.0 Å². The minimum absolute atomic E-state index is 0.00132. The molecule has 0 unspecified atom stereocenters. The third-order valence-corrected chi connectivity index (χ3v) is 11.7. The Morgan fingerprint density at radius 1 is 0.883 bits per heavy atom. The molecule has 0 saturated carbocycles. The molecule has 1 amide bonds. The Labute approximate surface area is 345 Å². The number of aromatic nitrogens is 1. The van der Waals surface area contributed by atoms with Crippen molar-refractivity contribution < 1.29 is 64.1 Å². The van der Waals surface area contributed by atoms with E-state index in [0.717, 1.165) is 37.4 Å². The molecule has 18 nitrogen and oxygen atoms in total. The van der Waals surface area contributed by atoms with Crippen LogP contribution in [0.3, 0.4) is 0 Å². The van der Waals surface area contributed by atoms with E-state index in [9.17, 15) is 40.5 Å². The molecular weight excluding hydrogens is 781 g/mol. The highest BCUT2D eigenvalue weighted by Gasteiger charge is 2.56. The van der Waals surface area contributed by atoms with Crippen LogP contribution < -0.4 is 10.4 Å². The van der Waals surface area contributed by atoms with Crippen LogP contribution in [-0.2, 0) is 28.3 Å². The number of rotatable bonds is 11. The van der Waals surface area contributed by atoms with Gasteiger partial charge >= 0.3 is 7.12 Å². The maximum absolute atomic E-state index is 13.1. The summed E-state index contributed by atoms with van der Waals surface area (Å²) >= 11 is 0. The summed E-state index contributed by atoms with van der Waals surface area (Å²) in [5, 5.41) is 74.1. The zero-order valence-electron chi connectivity index (χ0n) is 33.1. The molecule has 4 aromatic rings. The Kier molecular flexibility index (Phi) is 12.7. The molecule has 5 heterocycles. The van der Waals surface area contributed by atoms with Crippen LogP contribution in [0.15, 0.2) is 77.8 Å². The van der Waals surface area contributed by atoms with Gasteiger partial charge in [0.25, 0.3) is 0 Å². The first-order chi connectivity index (χ1) is 28.9. The van der Waals surface area contributed by atoms with E-state index in [1.54, 1.807) is 30.1 Å². The third kappa shape index (κ3) is 8.46. The molecule has 3 aromatic carbocycles. The fourth-order valence-corrected chi connectivity index (χ4v) is 8.11. The number of carbonyl (C=O) groups excluding carboxylic acids is 1. The van der Waals surface area contributed by atoms with Gasteiger partial charge in [-0.1, -0.05) is 42.5 Å². The maximum Gasteiger partial charge on any atom is 0.494 e. The van der Waals surface area contributed by atoms with Gasteiger partial charge in [0.05, 0.1) is 42.8 Å². The number of likely N-dealkylation sites (N-methyl/N-ethyl adjacent to an activating group) is 2. The summed E-state index contributed by atoms with van der Waals surface area (Å²) < 4.78 is 29.2. The Morgan fingerprint density at radius 3 is 2.28 bits per heavy atom. The van der Waals surface area contributed by atoms with Crippen molar-refractivity contribution in [1.82, 2.24) is 14.8 Å². The topological polar surface area (TPSA) is 243 Å². The SMILES string of the molecule is CN1CCN(CC(=O)N(C)c2ccc(N=C(c3ccccc3)c3c(O)[nH]c4cc(B5O[C@@H]6[C@@H](O)[C@@H](O[C@H]7[C@H](O)[C@@H](O)[C@H](O)O[C@@H]7CO)O[C@H](CO)[C@H]6O5)ccc34)cc2)CC1. The predicted octanol–water partition coefficient (Wildman–Crippen LogP) is -1.37. The van der Waals surface area contributed by atoms with Crippen LogP contribution in [-0.4, -0.2) is 191 Å². The molecule has 8 N–H and O–H groups in total. The summed E-state index contributed by atoms with van der Waals surface area (Å²) in [5.74, 6) is -0.132. The second-order valence-electron chi connectivity index (χ2n) is 15.6. The number of anilines is 1. The first-order valence-corrected chi connectivity index (χ1v) is 19.9. The highest BCUT2D eigenvalue weighted by molar-refractivity contribution is 6.62. The summed E-state index contributed by atoms with van der Waals surface area (Å²) in [7, 11) is 2.79. The number of ether oxygens (including phenoxy) is 3. The molecule has 4 fully saturated rings. The summed E-state index contributed by atoms with van der Waals surface area (Å²) in [5.41, 5.74) is 4.07. The van der Waals surface area contributed by atoms with E-state index < -0.39 is 81.7 Å². The molecule has 19 heteroatoms. The van der Waals surface area contributed by atoms with E-state index in [-0.39, 0.29) is 11.8 Å². The number of fused-ring (bicyclic) bond motifs is 2. The first kappa shape index (κ1) is 42.4. The van der Waals surface area contributed by atoms with E-state index in [0.29, 0.717) is 39.9 Å². The number of H-pyrrole nitrogens is 1. The lowest BCUT2D eigenvalue weighted by molar-refractivity contribution is -0.348. The molecule has 4 aliphatic heterocycles. The average molecular weight is 832 g/mol. The van der Waals surface area contributed by atoms with E-state index in [1.165, 1.54) is 0 Å². The quantitative estimate of drug-likeness (QED) is 0.0643. The lowest BCUT2D eigenvalue weighted by Crippen LogP contribution is -2.64. The van der Waals surface area contributed by atoms with E-state index >= 15 is 0 Å². The van der Waals surface area contributed by atoms with Crippen LogP contribution in [0.25, 0.3) is 10.9 Å². The molecule has 0 spiro atoms. The number of aliphatic imine (C=N–C) groups is 1. The van der Waals surface area contributed by atoms with Gasteiger partial charge in [0.2, 0.25) is 5.91 Å². The Morgan fingerprint density at radius 2 is 1.58 bits per heavy atom. The number of nitrogens with zero attached hydrogens (tertiary/aromatic N) is 4. The molecular formula is C41H50BN5O13. The van der Waals surface area contributed by atoms with Crippen LogP contribution in [0.1, 0.15) is 11.1 Å². The molecule has 4 aliphatic rings. The van der Waals surface area contributed by atoms with Crippen molar-refractivity contribution in [2.75, 3.05) is 64.9 Å². The fourth-order valence-electron chi connectivity index (χ4n) is 8.11. The predicted molar refractivity (Wildman–Crippen MR) is 217 cm³/mol. The van der Waals surface area contributed by atoms with Crippen LogP contribution in [0.5, 0.6) is 5.88 Å². The van der Waals surface area contributed by atoms with Gasteiger partial charge in [-0.25, -0.2) is 4.99 Å². The van der Waals surface area contributed by atoms with Crippen molar-refractivity contribution in [3.8, 4) is 5.88 Å². The minimum Gasteiger partial charge on any atom is -0.494 e. The van der Waals surface area contributed by atoms with Gasteiger partial charge in [-0.15, -0.1) is 0 Å². The van der Waals surface area contributed by atoms with Crippen LogP contribution in [0.4, 0.5) is 11.4 Å². The minimum atomic E-state index is -1.77. The normalized spacial score (nSPS) is 30.5. The van der Waals surface area contributed by atoms with Crippen molar-refractivity contribution in [3.63, 3.8) is 0 Å². The average Bonchev–Trinajstić information content (AvgIpc) is 3.86. The van der Waals surface area contributed by atoms with Gasteiger partial charge in [0.15, 0.2) is 18.5 Å². The Balaban J connectivity index is 1.02. The number of carbonyl (C=O) groups is 1. The largest absolute Gasteiger partial charge is 0.494 e. The highest BCUT2D eigenvalue weighted by atomic mass is 16.7. The Bertz CT molecular complexity index is 2140. The summed E-state index contributed by atoms with van der Waals surface area (Å²) in [6.45, 7) is 2.64. The number of aliphatic hydroxyl groups excluding tert-OH is 6. The van der Waals surface area contributed by atoms with Gasteiger partial charge in [-0.2, -0.15) is 0 Å². The molecule has 10 atom stereocenters. The monoisotopic (exact) mass is 831 g/mol. The number of aliphatic hydroxyl groups is 6. The molecule has 4 saturated heterocycles. The first-order valence-electron chi connectivity index (χ1n) is 19.9. The molecule has 0 radical (unpaired) electrons. The number of aromatic hydroxyl groups is 1. The van der Waals surface area contributed by atoms with Gasteiger partial charge in [-0.3, -0.25) is 9.69 Å². The summed E-state index contributed by atoms with van der Waals surface area (Å²) in [4.78, 5) is 27.2. The molecule has 0 bridgehead atoms. The van der Waals surface area contributed by atoms with Gasteiger partial charge in [0, 0.05) is 55.4 Å². The standard InChI is InChI=1S/C41H50BN5O13/c1-45-14-16-47(17-15-45)19-30(50)46(2)25-11-9-24(10-12-25)43-32(22-6-4-3-5-7-22)31-26-13-8-23(18-27(26)44-39(31)54)42-59-37-29(21-49)57-41(35(53)38(37)60-42)58-36-28(20-48)56-40(55)34(52)33(36)51/h3-13,18,28-29,33-38,40-41,44,48-49,51-55H,14-17,19-21H2,1-2H3/t28-,29-,33-,34-,35-,36-,37-,38-,40-,41-/m1/s1. The molecule has 0 aliphatic carbocycles. The van der Waals surface area contributed by atoms with E-state index in [4.69, 9.17) is 28.5 Å². The number of benzene rings is 3. The number of amides is 1. The van der Waals surface area contributed by atoms with Crippen molar-refractivity contribution in [2.24, 2.45) is 4.99 Å². The van der Waals surface area contributed by atoms with E-state index in [1.807, 2.05) is 54.6 Å². The maximum atomic E-state index is 13.1. The van der Waals surface area contributed by atoms with Crippen molar-refractivity contribution in [3.05, 3.63) is 83.9 Å². The summed E-state index contributed by atoms with van der Waals surface area (Å²) in [6, 6.07) is 22.0. The molecule has 1 aromatic heterocycles.